The molecule has 1 aromatic carbocycles. The Kier molecular flexibility index (Phi) is 4.04. The minimum Gasteiger partial charge on any atom is -0.355 e. The number of hydrogen-bond acceptors (Lipinski definition) is 4. The molecular weight excluding hydrogens is 312 g/mol. The van der Waals surface area contributed by atoms with Crippen molar-refractivity contribution in [2.75, 3.05) is 18.0 Å². The van der Waals surface area contributed by atoms with E-state index in [0.717, 1.165) is 25.9 Å². The Morgan fingerprint density at radius 1 is 1.20 bits per heavy atom. The number of aromatic nitrogens is 2. The molecule has 4 rings (SSSR count). The molecule has 128 valence electrons. The molecule has 25 heavy (non-hydrogen) atoms. The third kappa shape index (κ3) is 3.05. The van der Waals surface area contributed by atoms with Gasteiger partial charge in [0.05, 0.1) is 0 Å². The van der Waals surface area contributed by atoms with Crippen molar-refractivity contribution in [3.63, 3.8) is 0 Å². The van der Waals surface area contributed by atoms with Crippen LogP contribution in [0.2, 0.25) is 0 Å². The van der Waals surface area contributed by atoms with Crippen LogP contribution in [-0.2, 0) is 19.4 Å². The molecule has 0 amide bonds. The van der Waals surface area contributed by atoms with Gasteiger partial charge in [-0.05, 0) is 49.7 Å². The van der Waals surface area contributed by atoms with Gasteiger partial charge in [0.25, 0.3) is 5.56 Å². The Balaban J connectivity index is 1.68. The number of anilines is 1. The van der Waals surface area contributed by atoms with Gasteiger partial charge in [-0.15, -0.1) is 0 Å². The van der Waals surface area contributed by atoms with Crippen LogP contribution in [0.15, 0.2) is 29.1 Å². The van der Waals surface area contributed by atoms with Gasteiger partial charge in [0, 0.05) is 19.6 Å². The number of aryl methyl sites for hydroxylation is 1. The monoisotopic (exact) mass is 334 g/mol. The summed E-state index contributed by atoms with van der Waals surface area (Å²) in [5.41, 5.74) is 2.71. The summed E-state index contributed by atoms with van der Waals surface area (Å²) < 4.78 is 1.69. The molecule has 1 aliphatic carbocycles. The normalized spacial score (nSPS) is 16.9. The molecule has 0 radical (unpaired) electrons. The molecule has 1 aromatic heterocycles. The van der Waals surface area contributed by atoms with E-state index in [9.17, 15) is 10.1 Å². The lowest BCUT2D eigenvalue weighted by molar-refractivity contribution is 0.574. The Morgan fingerprint density at radius 3 is 2.40 bits per heavy atom. The topological polar surface area (TPSA) is 61.9 Å². The fraction of sp³-hybridized carbons (Fsp3) is 0.450. The second-order valence-electron chi connectivity index (χ2n) is 7.08. The molecule has 0 atom stereocenters. The van der Waals surface area contributed by atoms with Crippen molar-refractivity contribution in [1.29, 1.82) is 5.26 Å². The van der Waals surface area contributed by atoms with Gasteiger partial charge < -0.3 is 4.90 Å². The Bertz CT molecular complexity index is 878. The third-order valence-corrected chi connectivity index (χ3v) is 5.31. The number of hydrogen-bond donors (Lipinski definition) is 0. The predicted molar refractivity (Wildman–Crippen MR) is 96.7 cm³/mol. The van der Waals surface area contributed by atoms with Gasteiger partial charge in [-0.3, -0.25) is 9.36 Å². The number of nitrogens with zero attached hydrogens (tertiary/aromatic N) is 4. The molecule has 0 unspecified atom stereocenters. The molecule has 1 saturated carbocycles. The first-order chi connectivity index (χ1) is 12.2. The van der Waals surface area contributed by atoms with Gasteiger partial charge in [-0.25, -0.2) is 4.98 Å². The zero-order valence-corrected chi connectivity index (χ0v) is 14.5. The van der Waals surface area contributed by atoms with Crippen molar-refractivity contribution in [2.45, 2.75) is 39.2 Å². The summed E-state index contributed by atoms with van der Waals surface area (Å²) in [5.74, 6) is 1.85. The number of fused-ring (bicyclic) bond motifs is 1. The maximum absolute atomic E-state index is 12.8. The van der Waals surface area contributed by atoms with Crippen molar-refractivity contribution < 1.29 is 0 Å². The van der Waals surface area contributed by atoms with Crippen LogP contribution in [0.5, 0.6) is 0 Å². The van der Waals surface area contributed by atoms with Crippen LogP contribution in [-0.4, -0.2) is 22.6 Å². The van der Waals surface area contributed by atoms with Crippen LogP contribution in [0.1, 0.15) is 35.4 Å². The summed E-state index contributed by atoms with van der Waals surface area (Å²) in [5, 5.41) is 9.61. The summed E-state index contributed by atoms with van der Waals surface area (Å²) in [6.45, 7) is 4.13. The molecule has 5 nitrogen and oxygen atoms in total. The lowest BCUT2D eigenvalue weighted by Gasteiger charge is -2.23. The van der Waals surface area contributed by atoms with E-state index in [2.05, 4.69) is 40.2 Å². The summed E-state index contributed by atoms with van der Waals surface area (Å²) in [4.78, 5) is 19.6. The van der Waals surface area contributed by atoms with Gasteiger partial charge in [0.15, 0.2) is 11.4 Å². The molecular formula is C20H22N4O. The molecule has 1 aliphatic heterocycles. The molecule has 2 heterocycles. The Hall–Kier alpha value is -2.61. The largest absolute Gasteiger partial charge is 0.355 e. The molecule has 0 bridgehead atoms. The van der Waals surface area contributed by atoms with Crippen molar-refractivity contribution in [1.82, 2.24) is 9.55 Å². The number of nitriles is 1. The minimum atomic E-state index is -0.182. The first kappa shape index (κ1) is 15.9. The third-order valence-electron chi connectivity index (χ3n) is 5.31. The van der Waals surface area contributed by atoms with Crippen LogP contribution < -0.4 is 10.5 Å². The highest BCUT2D eigenvalue weighted by Gasteiger charge is 2.26. The van der Waals surface area contributed by atoms with Crippen LogP contribution in [0, 0.1) is 24.2 Å². The summed E-state index contributed by atoms with van der Waals surface area (Å²) >= 11 is 0. The van der Waals surface area contributed by atoms with Gasteiger partial charge in [0.2, 0.25) is 0 Å². The first-order valence-electron chi connectivity index (χ1n) is 9.00. The Labute approximate surface area is 147 Å². The smallest absolute Gasteiger partial charge is 0.273 e. The van der Waals surface area contributed by atoms with Crippen LogP contribution >= 0.6 is 0 Å². The molecule has 2 aromatic rings. The van der Waals surface area contributed by atoms with E-state index in [1.807, 2.05) is 6.92 Å². The molecule has 0 saturated heterocycles. The molecule has 1 fully saturated rings. The molecule has 5 heteroatoms. The molecule has 0 N–H and O–H groups in total. The van der Waals surface area contributed by atoms with E-state index in [0.29, 0.717) is 24.1 Å². The van der Waals surface area contributed by atoms with Crippen LogP contribution in [0.25, 0.3) is 0 Å². The first-order valence-corrected chi connectivity index (χ1v) is 9.00. The van der Waals surface area contributed by atoms with Crippen molar-refractivity contribution in [3.05, 3.63) is 57.1 Å². The van der Waals surface area contributed by atoms with Crippen molar-refractivity contribution in [2.24, 2.45) is 5.92 Å². The van der Waals surface area contributed by atoms with Crippen molar-refractivity contribution in [3.8, 4) is 6.07 Å². The maximum atomic E-state index is 12.8. The standard InChI is InChI=1S/C20H22N4O/c1-14-22-19(18(12-21)20(25)24(14)13-15-6-7-15)23-10-8-16-4-2-3-5-17(16)9-11-23/h2-5,15H,6-11,13H2,1H3. The summed E-state index contributed by atoms with van der Waals surface area (Å²) in [6, 6.07) is 10.6. The maximum Gasteiger partial charge on any atom is 0.273 e. The van der Waals surface area contributed by atoms with Crippen molar-refractivity contribution >= 4 is 5.82 Å². The lowest BCUT2D eigenvalue weighted by Crippen LogP contribution is -2.34. The van der Waals surface area contributed by atoms with E-state index in [1.54, 1.807) is 4.57 Å². The zero-order chi connectivity index (χ0) is 17.4. The van der Waals surface area contributed by atoms with Crippen LogP contribution in [0.4, 0.5) is 5.82 Å². The number of benzene rings is 1. The highest BCUT2D eigenvalue weighted by atomic mass is 16.1. The second-order valence-corrected chi connectivity index (χ2v) is 7.08. The van der Waals surface area contributed by atoms with E-state index >= 15 is 0 Å². The van der Waals surface area contributed by atoms with E-state index < -0.39 is 0 Å². The van der Waals surface area contributed by atoms with Gasteiger partial charge in [0.1, 0.15) is 11.9 Å². The van der Waals surface area contributed by atoms with Gasteiger partial charge >= 0.3 is 0 Å². The van der Waals surface area contributed by atoms with E-state index in [-0.39, 0.29) is 11.1 Å². The highest BCUT2D eigenvalue weighted by molar-refractivity contribution is 5.54. The van der Waals surface area contributed by atoms with E-state index in [1.165, 1.54) is 24.0 Å². The van der Waals surface area contributed by atoms with Gasteiger partial charge in [-0.1, -0.05) is 24.3 Å². The lowest BCUT2D eigenvalue weighted by atomic mass is 10.0. The highest BCUT2D eigenvalue weighted by Crippen LogP contribution is 2.30. The SMILES string of the molecule is Cc1nc(N2CCc3ccccc3CC2)c(C#N)c(=O)n1CC1CC1. The fourth-order valence-electron chi connectivity index (χ4n) is 3.63. The average Bonchev–Trinajstić information content (AvgIpc) is 3.44. The predicted octanol–water partition coefficient (Wildman–Crippen LogP) is 2.44. The minimum absolute atomic E-state index is 0.182. The Morgan fingerprint density at radius 2 is 1.84 bits per heavy atom. The summed E-state index contributed by atoms with van der Waals surface area (Å²) in [7, 11) is 0. The zero-order valence-electron chi connectivity index (χ0n) is 14.5. The van der Waals surface area contributed by atoms with Crippen LogP contribution in [0.3, 0.4) is 0 Å². The fourth-order valence-corrected chi connectivity index (χ4v) is 3.63. The quantitative estimate of drug-likeness (QED) is 0.865. The van der Waals surface area contributed by atoms with Gasteiger partial charge in [-0.2, -0.15) is 5.26 Å². The molecule has 2 aliphatic rings. The summed E-state index contributed by atoms with van der Waals surface area (Å²) in [6.07, 6.45) is 4.15. The average molecular weight is 334 g/mol. The molecule has 0 spiro atoms. The second kappa shape index (κ2) is 6.36. The van der Waals surface area contributed by atoms with E-state index in [4.69, 9.17) is 0 Å². The number of rotatable bonds is 3.